The first-order chi connectivity index (χ1) is 8.66. The third-order valence-electron chi connectivity index (χ3n) is 2.71. The normalized spacial score (nSPS) is 15.2. The summed E-state index contributed by atoms with van der Waals surface area (Å²) in [5.74, 6) is 1.78. The molecule has 0 radical (unpaired) electrons. The molecule has 2 rings (SSSR count). The molecule has 1 aromatic rings. The van der Waals surface area contributed by atoms with Crippen LogP contribution in [0.1, 0.15) is 19.4 Å². The van der Waals surface area contributed by atoms with E-state index in [4.69, 9.17) is 0 Å². The van der Waals surface area contributed by atoms with Crippen LogP contribution in [0, 0.1) is 0 Å². The van der Waals surface area contributed by atoms with E-state index in [1.807, 2.05) is 12.3 Å². The maximum absolute atomic E-state index is 4.34. The SMILES string of the molecule is C=C1N=CC(SCc2ccccc2)=CN1C(C)C. The van der Waals surface area contributed by atoms with E-state index < -0.39 is 0 Å². The molecule has 1 heterocycles. The van der Waals surface area contributed by atoms with Crippen LogP contribution in [-0.2, 0) is 5.75 Å². The van der Waals surface area contributed by atoms with E-state index in [0.29, 0.717) is 6.04 Å². The van der Waals surface area contributed by atoms with Gasteiger partial charge in [0, 0.05) is 29.1 Å². The topological polar surface area (TPSA) is 15.6 Å². The van der Waals surface area contributed by atoms with Gasteiger partial charge in [0.15, 0.2) is 0 Å². The number of rotatable bonds is 4. The first kappa shape index (κ1) is 13.0. The molecule has 0 aliphatic carbocycles. The predicted octanol–water partition coefficient (Wildman–Crippen LogP) is 4.03. The van der Waals surface area contributed by atoms with Gasteiger partial charge in [0.05, 0.1) is 0 Å². The Bertz CT molecular complexity index is 475. The van der Waals surface area contributed by atoms with Gasteiger partial charge in [-0.1, -0.05) is 36.9 Å². The Labute approximate surface area is 113 Å². The van der Waals surface area contributed by atoms with Gasteiger partial charge in [-0.25, -0.2) is 4.99 Å². The molecule has 0 unspecified atom stereocenters. The lowest BCUT2D eigenvalue weighted by Gasteiger charge is -2.27. The summed E-state index contributed by atoms with van der Waals surface area (Å²) in [6.07, 6.45) is 4.03. The van der Waals surface area contributed by atoms with Crippen molar-refractivity contribution in [3.05, 3.63) is 59.4 Å². The minimum absolute atomic E-state index is 0.391. The molecule has 1 aromatic carbocycles. The van der Waals surface area contributed by atoms with Crippen LogP contribution in [0.5, 0.6) is 0 Å². The maximum atomic E-state index is 4.34. The minimum atomic E-state index is 0.391. The molecule has 0 saturated carbocycles. The Hall–Kier alpha value is -1.48. The lowest BCUT2D eigenvalue weighted by molar-refractivity contribution is 0.380. The van der Waals surface area contributed by atoms with E-state index in [9.17, 15) is 0 Å². The first-order valence-electron chi connectivity index (χ1n) is 6.06. The van der Waals surface area contributed by atoms with Crippen molar-refractivity contribution in [2.45, 2.75) is 25.6 Å². The number of aliphatic imine (C=N–C) groups is 1. The summed E-state index contributed by atoms with van der Waals surface area (Å²) >= 11 is 1.80. The summed E-state index contributed by atoms with van der Waals surface area (Å²) in [7, 11) is 0. The van der Waals surface area contributed by atoms with E-state index >= 15 is 0 Å². The van der Waals surface area contributed by atoms with Gasteiger partial charge < -0.3 is 4.90 Å². The van der Waals surface area contributed by atoms with Crippen LogP contribution in [0.15, 0.2) is 58.8 Å². The Morgan fingerprint density at radius 1 is 1.28 bits per heavy atom. The fourth-order valence-corrected chi connectivity index (χ4v) is 2.55. The van der Waals surface area contributed by atoms with Crippen molar-refractivity contribution in [2.75, 3.05) is 0 Å². The Balaban J connectivity index is 2.00. The fraction of sp³-hybridized carbons (Fsp3) is 0.267. The third-order valence-corrected chi connectivity index (χ3v) is 3.73. The van der Waals surface area contributed by atoms with Gasteiger partial charge >= 0.3 is 0 Å². The number of allylic oxidation sites excluding steroid dienone is 1. The van der Waals surface area contributed by atoms with Crippen LogP contribution >= 0.6 is 11.8 Å². The second-order valence-corrected chi connectivity index (χ2v) is 5.53. The van der Waals surface area contributed by atoms with Crippen molar-refractivity contribution in [3.63, 3.8) is 0 Å². The molecule has 0 spiro atoms. The van der Waals surface area contributed by atoms with Crippen molar-refractivity contribution in [3.8, 4) is 0 Å². The zero-order valence-corrected chi connectivity index (χ0v) is 11.7. The van der Waals surface area contributed by atoms with Gasteiger partial charge in [-0.05, 0) is 19.4 Å². The van der Waals surface area contributed by atoms with Crippen LogP contribution in [0.4, 0.5) is 0 Å². The van der Waals surface area contributed by atoms with Crippen molar-refractivity contribution >= 4 is 18.0 Å². The summed E-state index contributed by atoms with van der Waals surface area (Å²) < 4.78 is 0. The largest absolute Gasteiger partial charge is 0.330 e. The average molecular weight is 258 g/mol. The molecule has 0 amide bonds. The minimum Gasteiger partial charge on any atom is -0.330 e. The van der Waals surface area contributed by atoms with Crippen LogP contribution in [-0.4, -0.2) is 17.2 Å². The molecule has 0 saturated heterocycles. The van der Waals surface area contributed by atoms with Gasteiger partial charge in [0.1, 0.15) is 5.82 Å². The van der Waals surface area contributed by atoms with E-state index in [1.165, 1.54) is 10.5 Å². The molecule has 0 atom stereocenters. The smallest absolute Gasteiger partial charge is 0.125 e. The van der Waals surface area contributed by atoms with Crippen molar-refractivity contribution in [1.29, 1.82) is 0 Å². The number of nitrogens with zero attached hydrogens (tertiary/aromatic N) is 2. The highest BCUT2D eigenvalue weighted by Crippen LogP contribution is 2.25. The van der Waals surface area contributed by atoms with Crippen LogP contribution in [0.3, 0.4) is 0 Å². The highest BCUT2D eigenvalue weighted by Gasteiger charge is 2.13. The van der Waals surface area contributed by atoms with Crippen molar-refractivity contribution in [2.24, 2.45) is 4.99 Å². The molecular formula is C15H18N2S. The molecule has 1 aliphatic heterocycles. The number of hydrogen-bond acceptors (Lipinski definition) is 3. The molecule has 0 bridgehead atoms. The van der Waals surface area contributed by atoms with Gasteiger partial charge in [0.25, 0.3) is 0 Å². The average Bonchev–Trinajstić information content (AvgIpc) is 2.38. The standard InChI is InChI=1S/C15H18N2S/c1-12(2)17-10-15(9-16-13(17)3)18-11-14-7-5-4-6-8-14/h4-10,12H,3,11H2,1-2H3. The second-order valence-electron chi connectivity index (χ2n) is 4.48. The molecule has 0 aromatic heterocycles. The zero-order valence-electron chi connectivity index (χ0n) is 10.8. The van der Waals surface area contributed by atoms with Crippen molar-refractivity contribution in [1.82, 2.24) is 4.90 Å². The van der Waals surface area contributed by atoms with Crippen LogP contribution in [0.2, 0.25) is 0 Å². The van der Waals surface area contributed by atoms with Crippen LogP contribution in [0.25, 0.3) is 0 Å². The Morgan fingerprint density at radius 3 is 2.67 bits per heavy atom. The maximum Gasteiger partial charge on any atom is 0.125 e. The number of thioether (sulfide) groups is 1. The van der Waals surface area contributed by atoms with Gasteiger partial charge in [0.2, 0.25) is 0 Å². The van der Waals surface area contributed by atoms with E-state index in [-0.39, 0.29) is 0 Å². The monoisotopic (exact) mass is 258 g/mol. The molecule has 1 aliphatic rings. The lowest BCUT2D eigenvalue weighted by Crippen LogP contribution is -2.25. The first-order valence-corrected chi connectivity index (χ1v) is 7.05. The summed E-state index contributed by atoms with van der Waals surface area (Å²) in [6.45, 7) is 8.23. The van der Waals surface area contributed by atoms with E-state index in [0.717, 1.165) is 11.6 Å². The molecule has 0 N–H and O–H groups in total. The molecular weight excluding hydrogens is 240 g/mol. The summed E-state index contributed by atoms with van der Waals surface area (Å²) in [4.78, 5) is 7.63. The molecule has 2 nitrogen and oxygen atoms in total. The number of hydrogen-bond donors (Lipinski definition) is 0. The highest BCUT2D eigenvalue weighted by molar-refractivity contribution is 8.03. The quantitative estimate of drug-likeness (QED) is 0.810. The zero-order chi connectivity index (χ0) is 13.0. The second kappa shape index (κ2) is 5.91. The molecule has 3 heteroatoms. The fourth-order valence-electron chi connectivity index (χ4n) is 1.71. The highest BCUT2D eigenvalue weighted by atomic mass is 32.2. The van der Waals surface area contributed by atoms with Gasteiger partial charge in [-0.2, -0.15) is 0 Å². The summed E-state index contributed by atoms with van der Waals surface area (Å²) in [6, 6.07) is 10.9. The van der Waals surface area contributed by atoms with Crippen LogP contribution < -0.4 is 0 Å². The predicted molar refractivity (Wildman–Crippen MR) is 80.4 cm³/mol. The van der Waals surface area contributed by atoms with Gasteiger partial charge in [-0.15, -0.1) is 11.8 Å². The Kier molecular flexibility index (Phi) is 4.26. The van der Waals surface area contributed by atoms with Crippen molar-refractivity contribution < 1.29 is 0 Å². The molecule has 0 fully saturated rings. The number of benzene rings is 1. The molecule has 18 heavy (non-hydrogen) atoms. The molecule has 94 valence electrons. The lowest BCUT2D eigenvalue weighted by atomic mass is 10.2. The summed E-state index contributed by atoms with van der Waals surface area (Å²) in [5.41, 5.74) is 1.33. The van der Waals surface area contributed by atoms with E-state index in [1.54, 1.807) is 11.8 Å². The Morgan fingerprint density at radius 2 is 2.00 bits per heavy atom. The third kappa shape index (κ3) is 3.26. The van der Waals surface area contributed by atoms with E-state index in [2.05, 4.69) is 60.8 Å². The van der Waals surface area contributed by atoms with Gasteiger partial charge in [-0.3, -0.25) is 0 Å². The summed E-state index contributed by atoms with van der Waals surface area (Å²) in [5, 5.41) is 0.